The van der Waals surface area contributed by atoms with E-state index in [0.717, 1.165) is 38.2 Å². The Bertz CT molecular complexity index is 606. The molecule has 1 unspecified atom stereocenters. The lowest BCUT2D eigenvalue weighted by Crippen LogP contribution is -2.24. The molecule has 2 aromatic rings. The number of nitrogens with zero attached hydrogens (tertiary/aromatic N) is 2. The Morgan fingerprint density at radius 1 is 1.43 bits per heavy atom. The normalized spacial score (nSPS) is 14.8. The van der Waals surface area contributed by atoms with Gasteiger partial charge >= 0.3 is 0 Å². The maximum absolute atomic E-state index is 5.60. The lowest BCUT2D eigenvalue weighted by atomic mass is 9.98. The van der Waals surface area contributed by atoms with E-state index in [1.807, 2.05) is 17.9 Å². The highest BCUT2D eigenvalue weighted by molar-refractivity contribution is 5.41. The first-order valence-corrected chi connectivity index (χ1v) is 7.73. The summed E-state index contributed by atoms with van der Waals surface area (Å²) in [6.07, 6.45) is 7.18. The Hall–Kier alpha value is -1.81. The van der Waals surface area contributed by atoms with Crippen LogP contribution in [0.2, 0.25) is 0 Å². The molecule has 0 fully saturated rings. The van der Waals surface area contributed by atoms with Gasteiger partial charge in [-0.1, -0.05) is 19.1 Å². The van der Waals surface area contributed by atoms with Crippen LogP contribution in [0, 0.1) is 0 Å². The molecule has 0 radical (unpaired) electrons. The smallest absolute Gasteiger partial charge is 0.122 e. The van der Waals surface area contributed by atoms with Gasteiger partial charge in [0.05, 0.1) is 12.8 Å². The molecule has 1 N–H and O–H groups in total. The van der Waals surface area contributed by atoms with E-state index in [-0.39, 0.29) is 0 Å². The zero-order valence-corrected chi connectivity index (χ0v) is 12.8. The van der Waals surface area contributed by atoms with Crippen molar-refractivity contribution in [3.8, 4) is 5.75 Å². The number of nitrogens with one attached hydrogen (secondary N) is 1. The minimum Gasteiger partial charge on any atom is -0.493 e. The molecule has 1 aliphatic heterocycles. The third-order valence-corrected chi connectivity index (χ3v) is 3.95. The number of rotatable bonds is 6. The van der Waals surface area contributed by atoms with Crippen LogP contribution >= 0.6 is 0 Å². The lowest BCUT2D eigenvalue weighted by Gasteiger charge is -2.19. The van der Waals surface area contributed by atoms with E-state index in [4.69, 9.17) is 4.74 Å². The summed E-state index contributed by atoms with van der Waals surface area (Å²) < 4.78 is 7.47. The molecule has 0 saturated carbocycles. The first-order valence-electron chi connectivity index (χ1n) is 7.73. The van der Waals surface area contributed by atoms with Crippen molar-refractivity contribution in [3.63, 3.8) is 0 Å². The Balaban J connectivity index is 1.80. The molecule has 3 rings (SSSR count). The average molecular weight is 285 g/mol. The lowest BCUT2D eigenvalue weighted by molar-refractivity contribution is 0.356. The van der Waals surface area contributed by atoms with Crippen molar-refractivity contribution >= 4 is 0 Å². The monoisotopic (exact) mass is 285 g/mol. The van der Waals surface area contributed by atoms with Gasteiger partial charge in [-0.25, -0.2) is 0 Å². The van der Waals surface area contributed by atoms with Crippen molar-refractivity contribution in [2.75, 3.05) is 13.2 Å². The SMILES string of the molecule is CCCNC(Cc1cnn(C)c1)c1ccc2c(c1)CCO2. The second-order valence-corrected chi connectivity index (χ2v) is 5.70. The van der Waals surface area contributed by atoms with Gasteiger partial charge in [-0.05, 0) is 42.1 Å². The van der Waals surface area contributed by atoms with Crippen LogP contribution in [0.4, 0.5) is 0 Å². The molecule has 0 amide bonds. The standard InChI is InChI=1S/C17H23N3O/c1-3-7-18-16(9-13-11-19-20(2)12-13)14-4-5-17-15(10-14)6-8-21-17/h4-5,10-12,16,18H,3,6-9H2,1-2H3. The van der Waals surface area contributed by atoms with Crippen molar-refractivity contribution in [1.29, 1.82) is 0 Å². The van der Waals surface area contributed by atoms with E-state index in [2.05, 4.69) is 41.7 Å². The van der Waals surface area contributed by atoms with Crippen LogP contribution in [0.25, 0.3) is 0 Å². The molecule has 4 heteroatoms. The second-order valence-electron chi connectivity index (χ2n) is 5.70. The van der Waals surface area contributed by atoms with E-state index < -0.39 is 0 Å². The highest BCUT2D eigenvalue weighted by Crippen LogP contribution is 2.29. The predicted octanol–water partition coefficient (Wildman–Crippen LogP) is 2.64. The molecular weight excluding hydrogens is 262 g/mol. The van der Waals surface area contributed by atoms with E-state index in [9.17, 15) is 0 Å². The summed E-state index contributed by atoms with van der Waals surface area (Å²) in [7, 11) is 1.96. The largest absolute Gasteiger partial charge is 0.493 e. The number of hydrogen-bond acceptors (Lipinski definition) is 3. The molecule has 4 nitrogen and oxygen atoms in total. The third kappa shape index (κ3) is 3.27. The second kappa shape index (κ2) is 6.31. The van der Waals surface area contributed by atoms with Gasteiger partial charge in [0, 0.05) is 25.7 Å². The fourth-order valence-electron chi connectivity index (χ4n) is 2.86. The average Bonchev–Trinajstić information content (AvgIpc) is 3.11. The van der Waals surface area contributed by atoms with Crippen molar-refractivity contribution in [2.24, 2.45) is 7.05 Å². The fraction of sp³-hybridized carbons (Fsp3) is 0.471. The number of fused-ring (bicyclic) bond motifs is 1. The van der Waals surface area contributed by atoms with Gasteiger partial charge in [0.15, 0.2) is 0 Å². The summed E-state index contributed by atoms with van der Waals surface area (Å²) in [5.41, 5.74) is 3.95. The van der Waals surface area contributed by atoms with Crippen LogP contribution in [0.15, 0.2) is 30.6 Å². The molecule has 1 aromatic carbocycles. The molecule has 0 spiro atoms. The topological polar surface area (TPSA) is 39.1 Å². The zero-order valence-electron chi connectivity index (χ0n) is 12.8. The molecule has 1 atom stereocenters. The maximum Gasteiger partial charge on any atom is 0.122 e. The summed E-state index contributed by atoms with van der Waals surface area (Å²) in [4.78, 5) is 0. The first kappa shape index (κ1) is 14.1. The van der Waals surface area contributed by atoms with Gasteiger partial charge in [-0.2, -0.15) is 5.10 Å². The van der Waals surface area contributed by atoms with Gasteiger partial charge in [-0.3, -0.25) is 4.68 Å². The maximum atomic E-state index is 5.60. The fourth-order valence-corrected chi connectivity index (χ4v) is 2.86. The number of aryl methyl sites for hydroxylation is 1. The van der Waals surface area contributed by atoms with E-state index in [1.165, 1.54) is 16.7 Å². The molecular formula is C17H23N3O. The van der Waals surface area contributed by atoms with Crippen molar-refractivity contribution < 1.29 is 4.74 Å². The van der Waals surface area contributed by atoms with Gasteiger partial charge < -0.3 is 10.1 Å². The van der Waals surface area contributed by atoms with E-state index in [1.54, 1.807) is 0 Å². The molecule has 1 aliphatic rings. The molecule has 0 saturated heterocycles. The van der Waals surface area contributed by atoms with Crippen LogP contribution in [-0.4, -0.2) is 22.9 Å². The molecule has 21 heavy (non-hydrogen) atoms. The van der Waals surface area contributed by atoms with Crippen LogP contribution in [0.5, 0.6) is 5.75 Å². The summed E-state index contributed by atoms with van der Waals surface area (Å²) in [6, 6.07) is 6.93. The van der Waals surface area contributed by atoms with Crippen molar-refractivity contribution in [3.05, 3.63) is 47.3 Å². The van der Waals surface area contributed by atoms with Crippen LogP contribution in [0.1, 0.15) is 36.1 Å². The van der Waals surface area contributed by atoms with Crippen LogP contribution in [0.3, 0.4) is 0 Å². The van der Waals surface area contributed by atoms with E-state index in [0.29, 0.717) is 6.04 Å². The number of benzene rings is 1. The minimum atomic E-state index is 0.333. The van der Waals surface area contributed by atoms with Crippen LogP contribution < -0.4 is 10.1 Å². The highest BCUT2D eigenvalue weighted by atomic mass is 16.5. The third-order valence-electron chi connectivity index (χ3n) is 3.95. The van der Waals surface area contributed by atoms with Crippen molar-refractivity contribution in [2.45, 2.75) is 32.2 Å². The Labute approximate surface area is 126 Å². The van der Waals surface area contributed by atoms with Gasteiger partial charge in [-0.15, -0.1) is 0 Å². The summed E-state index contributed by atoms with van der Waals surface area (Å²) >= 11 is 0. The molecule has 112 valence electrons. The summed E-state index contributed by atoms with van der Waals surface area (Å²) in [5, 5.41) is 7.93. The molecule has 0 bridgehead atoms. The molecule has 0 aliphatic carbocycles. The Kier molecular flexibility index (Phi) is 4.25. The summed E-state index contributed by atoms with van der Waals surface area (Å²) in [5.74, 6) is 1.05. The summed E-state index contributed by atoms with van der Waals surface area (Å²) in [6.45, 7) is 4.04. The minimum absolute atomic E-state index is 0.333. The quantitative estimate of drug-likeness (QED) is 0.887. The van der Waals surface area contributed by atoms with Crippen molar-refractivity contribution in [1.82, 2.24) is 15.1 Å². The Morgan fingerprint density at radius 3 is 3.10 bits per heavy atom. The molecule has 1 aromatic heterocycles. The Morgan fingerprint density at radius 2 is 2.33 bits per heavy atom. The number of hydrogen-bond donors (Lipinski definition) is 1. The number of ether oxygens (including phenoxy) is 1. The van der Waals surface area contributed by atoms with Gasteiger partial charge in [0.25, 0.3) is 0 Å². The first-order chi connectivity index (χ1) is 10.3. The predicted molar refractivity (Wildman–Crippen MR) is 83.6 cm³/mol. The van der Waals surface area contributed by atoms with Gasteiger partial charge in [0.2, 0.25) is 0 Å². The number of aromatic nitrogens is 2. The molecule has 2 heterocycles. The zero-order chi connectivity index (χ0) is 14.7. The van der Waals surface area contributed by atoms with Crippen LogP contribution in [-0.2, 0) is 19.9 Å². The highest BCUT2D eigenvalue weighted by Gasteiger charge is 2.17. The van der Waals surface area contributed by atoms with E-state index >= 15 is 0 Å². The van der Waals surface area contributed by atoms with Gasteiger partial charge in [0.1, 0.15) is 5.75 Å².